The molecule has 0 aliphatic rings. The highest BCUT2D eigenvalue weighted by Crippen LogP contribution is 2.35. The molecule has 0 bridgehead atoms. The fourth-order valence-corrected chi connectivity index (χ4v) is 4.40. The van der Waals surface area contributed by atoms with Crippen LogP contribution in [0.2, 0.25) is 0 Å². The molecule has 2 aromatic carbocycles. The van der Waals surface area contributed by atoms with Gasteiger partial charge in [-0.25, -0.2) is 0 Å². The van der Waals surface area contributed by atoms with Gasteiger partial charge in [-0.3, -0.25) is 9.78 Å². The predicted molar refractivity (Wildman–Crippen MR) is 132 cm³/mol. The number of H-pyrrole nitrogens is 1. The Labute approximate surface area is 193 Å². The summed E-state index contributed by atoms with van der Waals surface area (Å²) < 4.78 is 16.5. The van der Waals surface area contributed by atoms with Gasteiger partial charge in [0.15, 0.2) is 11.5 Å². The summed E-state index contributed by atoms with van der Waals surface area (Å²) in [5.74, 6) is 2.03. The molecule has 0 saturated carbocycles. The monoisotopic (exact) mass is 446 g/mol. The van der Waals surface area contributed by atoms with Gasteiger partial charge >= 0.3 is 0 Å². The van der Waals surface area contributed by atoms with Crippen LogP contribution in [0.15, 0.2) is 41.2 Å². The molecule has 6 nitrogen and oxygen atoms in total. The van der Waals surface area contributed by atoms with E-state index in [1.54, 1.807) is 21.3 Å². The molecule has 4 rings (SSSR count). The number of ether oxygens (including phenoxy) is 3. The van der Waals surface area contributed by atoms with Gasteiger partial charge < -0.3 is 19.2 Å². The molecule has 0 atom stereocenters. The quantitative estimate of drug-likeness (QED) is 0.402. The number of hydrogen-bond acceptors (Lipinski definition) is 5. The summed E-state index contributed by atoms with van der Waals surface area (Å²) >= 11 is 0. The van der Waals surface area contributed by atoms with Gasteiger partial charge in [0.25, 0.3) is 5.56 Å². The third-order valence-corrected chi connectivity index (χ3v) is 6.11. The Balaban J connectivity index is 1.95. The topological polar surface area (TPSA) is 73.4 Å². The molecule has 0 fully saturated rings. The average Bonchev–Trinajstić information content (AvgIpc) is 2.84. The van der Waals surface area contributed by atoms with Crippen molar-refractivity contribution in [2.75, 3.05) is 21.3 Å². The van der Waals surface area contributed by atoms with Crippen LogP contribution >= 0.6 is 0 Å². The van der Waals surface area contributed by atoms with Gasteiger partial charge in [0.05, 0.1) is 26.8 Å². The maximum absolute atomic E-state index is 13.2. The summed E-state index contributed by atoms with van der Waals surface area (Å²) in [7, 11) is 4.88. The molecule has 0 saturated heterocycles. The van der Waals surface area contributed by atoms with E-state index in [-0.39, 0.29) is 5.56 Å². The molecule has 6 heteroatoms. The number of methoxy groups -OCH3 is 3. The van der Waals surface area contributed by atoms with Crippen LogP contribution < -0.4 is 19.8 Å². The molecule has 0 unspecified atom stereocenters. The van der Waals surface area contributed by atoms with Gasteiger partial charge in [0.2, 0.25) is 0 Å². The van der Waals surface area contributed by atoms with Gasteiger partial charge in [-0.05, 0) is 60.2 Å². The number of nitrogens with zero attached hydrogens (tertiary/aromatic N) is 1. The average molecular weight is 447 g/mol. The summed E-state index contributed by atoms with van der Waals surface area (Å²) in [4.78, 5) is 21.3. The number of aromatic nitrogens is 2. The molecule has 33 heavy (non-hydrogen) atoms. The summed E-state index contributed by atoms with van der Waals surface area (Å²) in [6, 6.07) is 11.9. The molecular weight excluding hydrogens is 416 g/mol. The Morgan fingerprint density at radius 1 is 0.909 bits per heavy atom. The van der Waals surface area contributed by atoms with Crippen molar-refractivity contribution in [3.05, 3.63) is 69.3 Å². The molecule has 4 aromatic rings. The molecule has 0 spiro atoms. The van der Waals surface area contributed by atoms with Crippen LogP contribution in [0, 0.1) is 0 Å². The summed E-state index contributed by atoms with van der Waals surface area (Å²) in [6.07, 6.45) is 3.00. The number of hydrogen-bond donors (Lipinski definition) is 1. The molecule has 172 valence electrons. The van der Waals surface area contributed by atoms with Crippen molar-refractivity contribution in [1.82, 2.24) is 9.97 Å². The molecule has 1 N–H and O–H groups in total. The zero-order valence-corrected chi connectivity index (χ0v) is 19.9. The first-order valence-electron chi connectivity index (χ1n) is 11.3. The van der Waals surface area contributed by atoms with Gasteiger partial charge in [-0.15, -0.1) is 0 Å². The van der Waals surface area contributed by atoms with Crippen molar-refractivity contribution >= 4 is 21.7 Å². The van der Waals surface area contributed by atoms with E-state index in [9.17, 15) is 4.79 Å². The number of fused-ring (bicyclic) bond motifs is 2. The molecule has 0 amide bonds. The summed E-state index contributed by atoms with van der Waals surface area (Å²) in [5, 5.41) is 2.84. The fraction of sp³-hybridized carbons (Fsp3) is 0.333. The van der Waals surface area contributed by atoms with E-state index in [4.69, 9.17) is 19.2 Å². The Morgan fingerprint density at radius 3 is 2.27 bits per heavy atom. The number of aryl methyl sites for hydroxylation is 2. The normalized spacial score (nSPS) is 11.2. The molecular formula is C27H30N2O4. The second kappa shape index (κ2) is 9.53. The van der Waals surface area contributed by atoms with Crippen molar-refractivity contribution in [3.63, 3.8) is 0 Å². The number of pyridine rings is 2. The van der Waals surface area contributed by atoms with Crippen LogP contribution in [0.5, 0.6) is 17.2 Å². The van der Waals surface area contributed by atoms with Crippen molar-refractivity contribution in [2.45, 2.75) is 39.5 Å². The van der Waals surface area contributed by atoms with Gasteiger partial charge in [0, 0.05) is 34.1 Å². The highest BCUT2D eigenvalue weighted by atomic mass is 16.5. The third-order valence-electron chi connectivity index (χ3n) is 6.11. The van der Waals surface area contributed by atoms with Crippen LogP contribution in [-0.2, 0) is 19.3 Å². The van der Waals surface area contributed by atoms with Crippen LogP contribution in [-0.4, -0.2) is 31.3 Å². The number of benzene rings is 2. The van der Waals surface area contributed by atoms with E-state index < -0.39 is 0 Å². The summed E-state index contributed by atoms with van der Waals surface area (Å²) in [6.45, 7) is 4.17. The predicted octanol–water partition coefficient (Wildman–Crippen LogP) is 5.21. The van der Waals surface area contributed by atoms with E-state index in [1.165, 1.54) is 0 Å². The SMILES string of the molecule is CCCc1nc2ccc(OC)cc2cc1Cc1c(=O)[nH]c(CC)c2cc(OC)c(OC)cc12. The van der Waals surface area contributed by atoms with Gasteiger partial charge in [0.1, 0.15) is 5.75 Å². The van der Waals surface area contributed by atoms with Crippen molar-refractivity contribution in [3.8, 4) is 17.2 Å². The van der Waals surface area contributed by atoms with E-state index in [1.807, 2.05) is 37.3 Å². The number of nitrogens with one attached hydrogen (secondary N) is 1. The van der Waals surface area contributed by atoms with Crippen LogP contribution in [0.4, 0.5) is 0 Å². The Morgan fingerprint density at radius 2 is 1.64 bits per heavy atom. The van der Waals surface area contributed by atoms with E-state index >= 15 is 0 Å². The molecule has 2 aromatic heterocycles. The van der Waals surface area contributed by atoms with Crippen molar-refractivity contribution < 1.29 is 14.2 Å². The second-order valence-corrected chi connectivity index (χ2v) is 8.10. The van der Waals surface area contributed by atoms with E-state index in [0.717, 1.165) is 57.2 Å². The molecule has 0 radical (unpaired) electrons. The lowest BCUT2D eigenvalue weighted by Gasteiger charge is -2.16. The molecule has 2 heterocycles. The standard InChI is InChI=1S/C27H30N2O4/c1-6-8-23-17(11-16-12-18(31-3)9-10-24(16)28-23)13-21-19-14-25(32-4)26(33-5)15-20(19)22(7-2)29-27(21)30/h9-12,14-15H,6-8,13H2,1-5H3,(H,29,30). The molecule has 0 aliphatic heterocycles. The van der Waals surface area contributed by atoms with Crippen LogP contribution in [0.3, 0.4) is 0 Å². The molecule has 0 aliphatic carbocycles. The third kappa shape index (κ3) is 4.25. The van der Waals surface area contributed by atoms with Crippen LogP contribution in [0.1, 0.15) is 42.8 Å². The minimum Gasteiger partial charge on any atom is -0.497 e. The Bertz CT molecular complexity index is 1370. The number of rotatable bonds is 8. The maximum Gasteiger partial charge on any atom is 0.252 e. The zero-order chi connectivity index (χ0) is 23.5. The Kier molecular flexibility index (Phi) is 6.54. The van der Waals surface area contributed by atoms with E-state index in [2.05, 4.69) is 18.0 Å². The summed E-state index contributed by atoms with van der Waals surface area (Å²) in [5.41, 5.74) is 4.49. The fourth-order valence-electron chi connectivity index (χ4n) is 4.40. The minimum absolute atomic E-state index is 0.0836. The highest BCUT2D eigenvalue weighted by Gasteiger charge is 2.17. The second-order valence-electron chi connectivity index (χ2n) is 8.10. The van der Waals surface area contributed by atoms with Gasteiger partial charge in [-0.2, -0.15) is 0 Å². The van der Waals surface area contributed by atoms with Crippen molar-refractivity contribution in [2.24, 2.45) is 0 Å². The smallest absolute Gasteiger partial charge is 0.252 e. The van der Waals surface area contributed by atoms with Gasteiger partial charge in [-0.1, -0.05) is 20.3 Å². The number of aromatic amines is 1. The Hall–Kier alpha value is -3.54. The first-order valence-corrected chi connectivity index (χ1v) is 11.3. The largest absolute Gasteiger partial charge is 0.497 e. The lowest BCUT2D eigenvalue weighted by Crippen LogP contribution is -2.17. The lowest BCUT2D eigenvalue weighted by molar-refractivity contribution is 0.356. The minimum atomic E-state index is -0.0836. The van der Waals surface area contributed by atoms with Crippen molar-refractivity contribution in [1.29, 1.82) is 0 Å². The maximum atomic E-state index is 13.2. The first kappa shape index (κ1) is 22.6. The first-order chi connectivity index (χ1) is 16.0. The lowest BCUT2D eigenvalue weighted by atomic mass is 9.95. The highest BCUT2D eigenvalue weighted by molar-refractivity contribution is 5.91. The zero-order valence-electron chi connectivity index (χ0n) is 19.9. The van der Waals surface area contributed by atoms with Crippen LogP contribution in [0.25, 0.3) is 21.7 Å². The van der Waals surface area contributed by atoms with E-state index in [0.29, 0.717) is 29.9 Å².